The van der Waals surface area contributed by atoms with Crippen LogP contribution < -0.4 is 15.4 Å². The second-order valence-electron chi connectivity index (χ2n) is 9.32. The molecule has 12 heteroatoms. The Morgan fingerprint density at radius 3 is 2.97 bits per heavy atom. The highest BCUT2D eigenvalue weighted by Crippen LogP contribution is 2.26. The highest BCUT2D eigenvalue weighted by atomic mass is 19.2. The number of ether oxygens (including phenoxy) is 1. The van der Waals surface area contributed by atoms with E-state index in [4.69, 9.17) is 4.74 Å². The molecular weight excluding hydrogens is 508 g/mol. The minimum absolute atomic E-state index is 0.193. The van der Waals surface area contributed by atoms with Crippen LogP contribution in [-0.4, -0.2) is 68.0 Å². The molecule has 1 atom stereocenters. The lowest BCUT2D eigenvalue weighted by Gasteiger charge is -2.22. The van der Waals surface area contributed by atoms with Crippen LogP contribution in [0.25, 0.3) is 10.9 Å². The Bertz CT molecular complexity index is 1450. The fraction of sp³-hybridized carbons (Fsp3) is 0.333. The third kappa shape index (κ3) is 6.47. The van der Waals surface area contributed by atoms with Crippen LogP contribution in [0.3, 0.4) is 0 Å². The number of rotatable bonds is 11. The largest absolute Gasteiger partial charge is 0.493 e. The van der Waals surface area contributed by atoms with Gasteiger partial charge in [-0.25, -0.2) is 18.7 Å². The van der Waals surface area contributed by atoms with Crippen molar-refractivity contribution < 1.29 is 23.4 Å². The lowest BCUT2D eigenvalue weighted by molar-refractivity contribution is -0.116. The summed E-state index contributed by atoms with van der Waals surface area (Å²) in [6.07, 6.45) is 7.62. The zero-order valence-electron chi connectivity index (χ0n) is 21.2. The number of aliphatic hydroxyl groups excluding tert-OH is 1. The van der Waals surface area contributed by atoms with Gasteiger partial charge in [-0.05, 0) is 50.1 Å². The maximum absolute atomic E-state index is 13.8. The quantitative estimate of drug-likeness (QED) is 0.248. The number of carbonyl (C=O) groups is 1. The molecule has 0 aliphatic carbocycles. The lowest BCUT2D eigenvalue weighted by atomic mass is 10.2. The molecule has 5 rings (SSSR count). The van der Waals surface area contributed by atoms with Gasteiger partial charge in [-0.1, -0.05) is 6.07 Å². The molecule has 204 valence electrons. The Morgan fingerprint density at radius 1 is 1.21 bits per heavy atom. The van der Waals surface area contributed by atoms with E-state index < -0.39 is 17.5 Å². The molecule has 0 radical (unpaired) electrons. The van der Waals surface area contributed by atoms with Gasteiger partial charge in [0.1, 0.15) is 24.4 Å². The second-order valence-corrected chi connectivity index (χ2v) is 9.32. The molecular formula is C27H29F2N7O3. The third-order valence-electron chi connectivity index (χ3n) is 6.60. The number of benzene rings is 2. The number of anilines is 3. The van der Waals surface area contributed by atoms with Crippen LogP contribution in [0.1, 0.15) is 19.3 Å². The van der Waals surface area contributed by atoms with Gasteiger partial charge in [0.2, 0.25) is 5.91 Å². The zero-order chi connectivity index (χ0) is 27.2. The summed E-state index contributed by atoms with van der Waals surface area (Å²) in [5, 5.41) is 19.9. The number of hydrogen-bond acceptors (Lipinski definition) is 8. The molecule has 0 saturated carbocycles. The van der Waals surface area contributed by atoms with Gasteiger partial charge in [-0.15, -0.1) is 0 Å². The van der Waals surface area contributed by atoms with Crippen LogP contribution >= 0.6 is 0 Å². The molecule has 10 nitrogen and oxygen atoms in total. The smallest absolute Gasteiger partial charge is 0.246 e. The van der Waals surface area contributed by atoms with Crippen molar-refractivity contribution in [2.45, 2.75) is 31.8 Å². The van der Waals surface area contributed by atoms with Crippen molar-refractivity contribution in [3.8, 4) is 5.75 Å². The van der Waals surface area contributed by atoms with E-state index in [2.05, 4.69) is 30.6 Å². The third-order valence-corrected chi connectivity index (χ3v) is 6.60. The molecule has 4 aromatic rings. The summed E-state index contributed by atoms with van der Waals surface area (Å²) in [6.45, 7) is 2.49. The van der Waals surface area contributed by atoms with E-state index in [1.807, 2.05) is 18.2 Å². The highest BCUT2D eigenvalue weighted by molar-refractivity contribution is 5.92. The Balaban J connectivity index is 1.16. The molecule has 1 aliphatic rings. The number of likely N-dealkylation sites (tertiary alicyclic amines) is 1. The summed E-state index contributed by atoms with van der Waals surface area (Å²) >= 11 is 0. The van der Waals surface area contributed by atoms with Crippen molar-refractivity contribution >= 4 is 34.0 Å². The van der Waals surface area contributed by atoms with Gasteiger partial charge in [-0.2, -0.15) is 5.10 Å². The minimum Gasteiger partial charge on any atom is -0.493 e. The average molecular weight is 538 g/mol. The summed E-state index contributed by atoms with van der Waals surface area (Å²) in [4.78, 5) is 23.3. The van der Waals surface area contributed by atoms with Crippen molar-refractivity contribution in [1.82, 2.24) is 24.6 Å². The monoisotopic (exact) mass is 537 g/mol. The summed E-state index contributed by atoms with van der Waals surface area (Å²) in [7, 11) is 0. The molecule has 1 aliphatic heterocycles. The standard InChI is InChI=1S/C27H29F2N7O3/c28-22-5-1-6-23(26(22)29)34-25(38)15-36-14-18(13-32-36)33-27-21-8-7-20(12-24(21)30-17-31-27)39-11-3-10-35-9-2-4-19(35)16-37/h1,5-8,12-14,17,19,37H,2-4,9-11,15-16H2,(H,34,38)(H,30,31,33). The van der Waals surface area contributed by atoms with E-state index in [1.165, 1.54) is 29.3 Å². The van der Waals surface area contributed by atoms with Gasteiger partial charge in [0.05, 0.1) is 36.3 Å². The first-order valence-corrected chi connectivity index (χ1v) is 12.8. The number of fused-ring (bicyclic) bond motifs is 1. The maximum atomic E-state index is 13.8. The maximum Gasteiger partial charge on any atom is 0.246 e. The number of aliphatic hydroxyl groups is 1. The van der Waals surface area contributed by atoms with Crippen LogP contribution in [0, 0.1) is 11.6 Å². The molecule has 1 amide bonds. The number of carbonyl (C=O) groups excluding carboxylic acids is 1. The van der Waals surface area contributed by atoms with Gasteiger partial charge < -0.3 is 20.5 Å². The van der Waals surface area contributed by atoms with Gasteiger partial charge in [-0.3, -0.25) is 14.4 Å². The zero-order valence-corrected chi connectivity index (χ0v) is 21.2. The van der Waals surface area contributed by atoms with E-state index in [1.54, 1.807) is 6.20 Å². The van der Waals surface area contributed by atoms with Crippen LogP contribution in [0.15, 0.2) is 55.1 Å². The molecule has 1 fully saturated rings. The van der Waals surface area contributed by atoms with E-state index in [9.17, 15) is 18.7 Å². The molecule has 0 spiro atoms. The van der Waals surface area contributed by atoms with Crippen molar-refractivity contribution in [3.05, 3.63) is 66.8 Å². The summed E-state index contributed by atoms with van der Waals surface area (Å²) in [5.74, 6) is -1.44. The molecule has 1 unspecified atom stereocenters. The molecule has 3 heterocycles. The van der Waals surface area contributed by atoms with E-state index >= 15 is 0 Å². The number of amides is 1. The van der Waals surface area contributed by atoms with Gasteiger partial charge >= 0.3 is 0 Å². The summed E-state index contributed by atoms with van der Waals surface area (Å²) in [6, 6.07) is 9.44. The van der Waals surface area contributed by atoms with Crippen molar-refractivity contribution in [1.29, 1.82) is 0 Å². The topological polar surface area (TPSA) is 117 Å². The van der Waals surface area contributed by atoms with Crippen LogP contribution in [0.5, 0.6) is 5.75 Å². The van der Waals surface area contributed by atoms with Crippen LogP contribution in [-0.2, 0) is 11.3 Å². The van der Waals surface area contributed by atoms with E-state index in [-0.39, 0.29) is 24.9 Å². The van der Waals surface area contributed by atoms with Crippen molar-refractivity contribution in [2.75, 3.05) is 36.9 Å². The molecule has 0 bridgehead atoms. The molecule has 2 aromatic heterocycles. The molecule has 1 saturated heterocycles. The molecule has 2 aromatic carbocycles. The van der Waals surface area contributed by atoms with Gasteiger partial charge in [0.25, 0.3) is 0 Å². The summed E-state index contributed by atoms with van der Waals surface area (Å²) < 4.78 is 34.5. The molecule has 39 heavy (non-hydrogen) atoms. The SMILES string of the molecule is O=C(Cn1cc(Nc2ncnc3cc(OCCCN4CCCC4CO)ccc23)cn1)Nc1cccc(F)c1F. The fourth-order valence-corrected chi connectivity index (χ4v) is 4.67. The normalized spacial score (nSPS) is 15.5. The highest BCUT2D eigenvalue weighted by Gasteiger charge is 2.22. The van der Waals surface area contributed by atoms with Crippen molar-refractivity contribution in [2.24, 2.45) is 0 Å². The summed E-state index contributed by atoms with van der Waals surface area (Å²) in [5.41, 5.74) is 1.06. The Hall–Kier alpha value is -4.16. The predicted octanol–water partition coefficient (Wildman–Crippen LogP) is 3.71. The van der Waals surface area contributed by atoms with E-state index in [0.29, 0.717) is 29.4 Å². The van der Waals surface area contributed by atoms with Gasteiger partial charge in [0.15, 0.2) is 11.6 Å². The first-order valence-electron chi connectivity index (χ1n) is 12.8. The first kappa shape index (κ1) is 26.4. The second kappa shape index (κ2) is 12.1. The Labute approximate surface area is 223 Å². The predicted molar refractivity (Wildman–Crippen MR) is 142 cm³/mol. The molecule has 3 N–H and O–H groups in total. The van der Waals surface area contributed by atoms with E-state index in [0.717, 1.165) is 43.8 Å². The Morgan fingerprint density at radius 2 is 2.10 bits per heavy atom. The number of nitrogens with one attached hydrogen (secondary N) is 2. The average Bonchev–Trinajstić information content (AvgIpc) is 3.58. The lowest BCUT2D eigenvalue weighted by Crippen LogP contribution is -2.33. The number of hydrogen-bond donors (Lipinski definition) is 3. The fourth-order valence-electron chi connectivity index (χ4n) is 4.67. The minimum atomic E-state index is -1.11. The van der Waals surface area contributed by atoms with Crippen molar-refractivity contribution in [3.63, 3.8) is 0 Å². The first-order chi connectivity index (χ1) is 19.0. The number of nitrogens with zero attached hydrogens (tertiary/aromatic N) is 5. The van der Waals surface area contributed by atoms with Crippen LogP contribution in [0.2, 0.25) is 0 Å². The number of halogens is 2. The van der Waals surface area contributed by atoms with Gasteiger partial charge in [0, 0.05) is 30.2 Å². The van der Waals surface area contributed by atoms with Crippen LogP contribution in [0.4, 0.5) is 26.0 Å². The number of aromatic nitrogens is 4. The Kier molecular flexibility index (Phi) is 8.23.